The Hall–Kier alpha value is -2.91. The fourth-order valence-corrected chi connectivity index (χ4v) is 1.48. The fourth-order valence-electron chi connectivity index (χ4n) is 1.48. The van der Waals surface area contributed by atoms with E-state index in [2.05, 4.69) is 4.99 Å². The number of rotatable bonds is 3. The van der Waals surface area contributed by atoms with E-state index in [1.807, 2.05) is 6.07 Å². The monoisotopic (exact) mass is 351 g/mol. The highest BCUT2D eigenvalue weighted by Crippen LogP contribution is 2.15. The quantitative estimate of drug-likeness (QED) is 0.248. The first-order chi connectivity index (χ1) is 11.1. The van der Waals surface area contributed by atoms with Gasteiger partial charge >= 0.3 is 5.97 Å². The molecule has 0 aromatic heterocycles. The van der Waals surface area contributed by atoms with Crippen LogP contribution in [0.4, 0.5) is 5.69 Å². The topological polar surface area (TPSA) is 145 Å². The van der Waals surface area contributed by atoms with E-state index in [4.69, 9.17) is 20.8 Å². The summed E-state index contributed by atoms with van der Waals surface area (Å²) >= 11 is 0. The van der Waals surface area contributed by atoms with Crippen molar-refractivity contribution in [2.24, 2.45) is 16.5 Å². The minimum Gasteiger partial charge on any atom is -0.423 e. The molecule has 0 saturated heterocycles. The summed E-state index contributed by atoms with van der Waals surface area (Å²) in [6.07, 6.45) is 0.715. The average Bonchev–Trinajstić information content (AvgIpc) is 2.46. The van der Waals surface area contributed by atoms with E-state index in [-0.39, 0.29) is 5.96 Å². The van der Waals surface area contributed by atoms with Crippen molar-refractivity contribution < 1.29 is 22.5 Å². The fraction of sp³-hybridized carbons (Fsp3) is 0.0667. The Morgan fingerprint density at radius 1 is 1.04 bits per heavy atom. The van der Waals surface area contributed by atoms with Gasteiger partial charge in [0.05, 0.1) is 17.5 Å². The SMILES string of the molecule is CS(=O)(=O)O.NC(N)=Nc1ccc(C(=O)Oc2ccccc2)cc1. The summed E-state index contributed by atoms with van der Waals surface area (Å²) in [5, 5.41) is 0. The minimum absolute atomic E-state index is 0.0281. The number of ether oxygens (including phenoxy) is 1. The van der Waals surface area contributed by atoms with E-state index in [1.54, 1.807) is 48.5 Å². The smallest absolute Gasteiger partial charge is 0.343 e. The maximum Gasteiger partial charge on any atom is 0.343 e. The number of nitrogens with zero attached hydrogens (tertiary/aromatic N) is 1. The highest BCUT2D eigenvalue weighted by atomic mass is 32.2. The molecule has 2 aromatic carbocycles. The van der Waals surface area contributed by atoms with Gasteiger partial charge in [-0.1, -0.05) is 18.2 Å². The van der Waals surface area contributed by atoms with Crippen LogP contribution >= 0.6 is 0 Å². The molecule has 8 nitrogen and oxygen atoms in total. The second-order valence-electron chi connectivity index (χ2n) is 4.52. The van der Waals surface area contributed by atoms with E-state index in [9.17, 15) is 13.2 Å². The molecule has 0 aliphatic rings. The first-order valence-electron chi connectivity index (χ1n) is 6.54. The third-order valence-corrected chi connectivity index (χ3v) is 2.31. The van der Waals surface area contributed by atoms with Gasteiger partial charge in [0.2, 0.25) is 0 Å². The summed E-state index contributed by atoms with van der Waals surface area (Å²) in [6, 6.07) is 15.4. The van der Waals surface area contributed by atoms with Crippen molar-refractivity contribution in [2.75, 3.05) is 6.26 Å². The maximum atomic E-state index is 11.8. The van der Waals surface area contributed by atoms with Crippen molar-refractivity contribution in [3.05, 3.63) is 60.2 Å². The van der Waals surface area contributed by atoms with Crippen LogP contribution in [0.2, 0.25) is 0 Å². The van der Waals surface area contributed by atoms with Crippen molar-refractivity contribution in [1.82, 2.24) is 0 Å². The van der Waals surface area contributed by atoms with Gasteiger partial charge in [0.1, 0.15) is 5.75 Å². The number of para-hydroxylation sites is 1. The number of carbonyl (C=O) groups excluding carboxylic acids is 1. The average molecular weight is 351 g/mol. The Morgan fingerprint density at radius 2 is 1.54 bits per heavy atom. The molecule has 128 valence electrons. The Morgan fingerprint density at radius 3 is 2.00 bits per heavy atom. The lowest BCUT2D eigenvalue weighted by molar-refractivity contribution is 0.0735. The lowest BCUT2D eigenvalue weighted by atomic mass is 10.2. The second kappa shape index (κ2) is 8.65. The number of esters is 1. The van der Waals surface area contributed by atoms with E-state index < -0.39 is 16.1 Å². The molecule has 0 spiro atoms. The van der Waals surface area contributed by atoms with E-state index in [1.165, 1.54) is 0 Å². The van der Waals surface area contributed by atoms with Crippen LogP contribution in [0.1, 0.15) is 10.4 Å². The molecule has 0 atom stereocenters. The zero-order valence-corrected chi connectivity index (χ0v) is 13.6. The Balaban J connectivity index is 0.000000505. The molecule has 24 heavy (non-hydrogen) atoms. The summed E-state index contributed by atoms with van der Waals surface area (Å²) < 4.78 is 31.1. The van der Waals surface area contributed by atoms with Crippen molar-refractivity contribution in [2.45, 2.75) is 0 Å². The molecular formula is C15H17N3O5S. The van der Waals surface area contributed by atoms with Gasteiger partial charge in [-0.15, -0.1) is 0 Å². The molecule has 0 amide bonds. The minimum atomic E-state index is -3.67. The zero-order valence-electron chi connectivity index (χ0n) is 12.8. The summed E-state index contributed by atoms with van der Waals surface area (Å²) in [7, 11) is -3.67. The molecule has 0 saturated carbocycles. The number of aliphatic imine (C=N–C) groups is 1. The first kappa shape index (κ1) is 19.1. The maximum absolute atomic E-state index is 11.8. The largest absolute Gasteiger partial charge is 0.423 e. The van der Waals surface area contributed by atoms with Crippen LogP contribution in [0.15, 0.2) is 59.6 Å². The number of hydrogen-bond donors (Lipinski definition) is 3. The molecule has 0 bridgehead atoms. The van der Waals surface area contributed by atoms with Crippen molar-refractivity contribution in [3.63, 3.8) is 0 Å². The Bertz CT molecular complexity index is 791. The van der Waals surface area contributed by atoms with Gasteiger partial charge in [-0.25, -0.2) is 9.79 Å². The molecule has 9 heteroatoms. The molecule has 0 heterocycles. The third-order valence-electron chi connectivity index (χ3n) is 2.31. The second-order valence-corrected chi connectivity index (χ2v) is 5.99. The Kier molecular flexibility index (Phi) is 6.90. The number of nitrogens with two attached hydrogens (primary N) is 2. The van der Waals surface area contributed by atoms with E-state index in [0.29, 0.717) is 23.3 Å². The molecule has 2 rings (SSSR count). The van der Waals surface area contributed by atoms with Crippen LogP contribution in [-0.4, -0.2) is 31.2 Å². The predicted octanol–water partition coefficient (Wildman–Crippen LogP) is 1.31. The van der Waals surface area contributed by atoms with Crippen molar-refractivity contribution >= 4 is 27.7 Å². The molecule has 2 aromatic rings. The van der Waals surface area contributed by atoms with Crippen LogP contribution in [-0.2, 0) is 10.1 Å². The highest BCUT2D eigenvalue weighted by molar-refractivity contribution is 7.85. The standard InChI is InChI=1S/C14H13N3O2.CH4O3S/c15-14(16)17-11-8-6-10(7-9-11)13(18)19-12-4-2-1-3-5-12;1-5(2,3)4/h1-9H,(H4,15,16,17);1H3,(H,2,3,4). The number of carbonyl (C=O) groups is 1. The van der Waals surface area contributed by atoms with Gasteiger partial charge in [-0.3, -0.25) is 4.55 Å². The van der Waals surface area contributed by atoms with Gasteiger partial charge in [0, 0.05) is 0 Å². The highest BCUT2D eigenvalue weighted by Gasteiger charge is 2.07. The van der Waals surface area contributed by atoms with Gasteiger partial charge in [0.25, 0.3) is 10.1 Å². The zero-order chi connectivity index (χ0) is 18.2. The molecule has 0 radical (unpaired) electrons. The van der Waals surface area contributed by atoms with Crippen LogP contribution in [0.25, 0.3) is 0 Å². The van der Waals surface area contributed by atoms with E-state index >= 15 is 0 Å². The molecule has 0 aliphatic carbocycles. The normalized spacial score (nSPS) is 10.1. The molecule has 0 fully saturated rings. The number of hydrogen-bond acceptors (Lipinski definition) is 5. The van der Waals surface area contributed by atoms with Gasteiger partial charge in [0.15, 0.2) is 5.96 Å². The lowest BCUT2D eigenvalue weighted by Gasteiger charge is -2.04. The van der Waals surface area contributed by atoms with Gasteiger partial charge in [-0.2, -0.15) is 8.42 Å². The summed E-state index contributed by atoms with van der Waals surface area (Å²) in [5.41, 5.74) is 11.5. The first-order valence-corrected chi connectivity index (χ1v) is 8.39. The molecular weight excluding hydrogens is 334 g/mol. The van der Waals surface area contributed by atoms with Crippen molar-refractivity contribution in [1.29, 1.82) is 0 Å². The number of guanidine groups is 1. The third kappa shape index (κ3) is 8.51. The summed E-state index contributed by atoms with van der Waals surface area (Å²) in [4.78, 5) is 15.7. The molecule has 5 N–H and O–H groups in total. The summed E-state index contributed by atoms with van der Waals surface area (Å²) in [6.45, 7) is 0. The van der Waals surface area contributed by atoms with Crippen LogP contribution in [0.5, 0.6) is 5.75 Å². The lowest BCUT2D eigenvalue weighted by Crippen LogP contribution is -2.21. The van der Waals surface area contributed by atoms with Crippen LogP contribution in [0.3, 0.4) is 0 Å². The van der Waals surface area contributed by atoms with E-state index in [0.717, 1.165) is 0 Å². The van der Waals surface area contributed by atoms with Crippen LogP contribution in [0, 0.1) is 0 Å². The summed E-state index contributed by atoms with van der Waals surface area (Å²) in [5.74, 6) is 0.0443. The molecule has 0 unspecified atom stereocenters. The van der Waals surface area contributed by atoms with Gasteiger partial charge in [-0.05, 0) is 36.4 Å². The number of benzene rings is 2. The molecule has 0 aliphatic heterocycles. The predicted molar refractivity (Wildman–Crippen MR) is 90.8 cm³/mol. The van der Waals surface area contributed by atoms with Crippen LogP contribution < -0.4 is 16.2 Å². The van der Waals surface area contributed by atoms with Gasteiger partial charge < -0.3 is 16.2 Å². The van der Waals surface area contributed by atoms with Crippen molar-refractivity contribution in [3.8, 4) is 5.75 Å². The Labute approximate surface area is 139 Å².